The van der Waals surface area contributed by atoms with Crippen LogP contribution in [0.15, 0.2) is 36.7 Å². The minimum absolute atomic E-state index is 1.06. The van der Waals surface area contributed by atoms with Crippen LogP contribution in [0.3, 0.4) is 0 Å². The monoisotopic (exact) mass is 214 g/mol. The van der Waals surface area contributed by atoms with Gasteiger partial charge >= 0.3 is 0 Å². The molecule has 0 aliphatic carbocycles. The van der Waals surface area contributed by atoms with Crippen molar-refractivity contribution >= 4 is 0 Å². The summed E-state index contributed by atoms with van der Waals surface area (Å²) in [6.45, 7) is 5.37. The predicted octanol–water partition coefficient (Wildman–Crippen LogP) is 3.66. The van der Waals surface area contributed by atoms with Gasteiger partial charge in [-0.3, -0.25) is 0 Å². The third kappa shape index (κ3) is 2.32. The van der Waals surface area contributed by atoms with Gasteiger partial charge in [-0.15, -0.1) is 0 Å². The molecule has 1 aromatic carbocycles. The first-order valence-electron chi connectivity index (χ1n) is 5.89. The minimum atomic E-state index is 1.06. The van der Waals surface area contributed by atoms with Gasteiger partial charge in [-0.2, -0.15) is 0 Å². The van der Waals surface area contributed by atoms with E-state index in [0.29, 0.717) is 0 Å². The highest BCUT2D eigenvalue weighted by Crippen LogP contribution is 2.18. The predicted molar refractivity (Wildman–Crippen MR) is 67.3 cm³/mol. The summed E-state index contributed by atoms with van der Waals surface area (Å²) in [6.07, 6.45) is 6.36. The quantitative estimate of drug-likeness (QED) is 0.759. The topological polar surface area (TPSA) is 17.8 Å². The lowest BCUT2D eigenvalue weighted by Gasteiger charge is -2.07. The third-order valence-electron chi connectivity index (χ3n) is 2.78. The Kier molecular flexibility index (Phi) is 3.40. The summed E-state index contributed by atoms with van der Waals surface area (Å²) < 4.78 is 2.23. The first-order chi connectivity index (χ1) is 7.81. The lowest BCUT2D eigenvalue weighted by molar-refractivity contribution is 0.637. The van der Waals surface area contributed by atoms with Gasteiger partial charge in [0.2, 0.25) is 0 Å². The van der Waals surface area contributed by atoms with Crippen LogP contribution in [0.5, 0.6) is 0 Å². The number of hydrogen-bond acceptors (Lipinski definition) is 1. The van der Waals surface area contributed by atoms with Gasteiger partial charge in [0, 0.05) is 24.5 Å². The molecule has 0 bridgehead atoms. The molecule has 0 atom stereocenters. The van der Waals surface area contributed by atoms with Crippen LogP contribution in [0.1, 0.15) is 25.3 Å². The first kappa shape index (κ1) is 10.9. The van der Waals surface area contributed by atoms with Crippen molar-refractivity contribution in [1.82, 2.24) is 9.55 Å². The average Bonchev–Trinajstić information content (AvgIpc) is 2.75. The van der Waals surface area contributed by atoms with Crippen molar-refractivity contribution in [3.05, 3.63) is 42.2 Å². The molecule has 2 heteroatoms. The maximum absolute atomic E-state index is 4.43. The number of hydrogen-bond donors (Lipinski definition) is 0. The Morgan fingerprint density at radius 3 is 2.62 bits per heavy atom. The summed E-state index contributed by atoms with van der Waals surface area (Å²) in [5, 5.41) is 0. The number of rotatable bonds is 4. The van der Waals surface area contributed by atoms with Gasteiger partial charge in [0.25, 0.3) is 0 Å². The number of nitrogens with zero attached hydrogens (tertiary/aromatic N) is 2. The van der Waals surface area contributed by atoms with Crippen molar-refractivity contribution < 1.29 is 0 Å². The molecule has 2 aromatic rings. The second kappa shape index (κ2) is 4.97. The van der Waals surface area contributed by atoms with Gasteiger partial charge in [-0.25, -0.2) is 4.98 Å². The number of unbranched alkanes of at least 4 members (excludes halogenated alkanes) is 1. The van der Waals surface area contributed by atoms with Gasteiger partial charge in [-0.05, 0) is 13.3 Å². The van der Waals surface area contributed by atoms with Crippen LogP contribution in [0.25, 0.3) is 11.4 Å². The van der Waals surface area contributed by atoms with Gasteiger partial charge in [0.15, 0.2) is 0 Å². The van der Waals surface area contributed by atoms with Crippen LogP contribution in [-0.4, -0.2) is 9.55 Å². The molecule has 0 spiro atoms. The molecular weight excluding hydrogens is 196 g/mol. The number of aryl methyl sites for hydroxylation is 2. The van der Waals surface area contributed by atoms with E-state index in [0.717, 1.165) is 12.4 Å². The molecular formula is C14H18N2. The van der Waals surface area contributed by atoms with E-state index in [1.165, 1.54) is 24.0 Å². The number of aromatic nitrogens is 2. The maximum Gasteiger partial charge on any atom is 0.139 e. The van der Waals surface area contributed by atoms with E-state index in [1.807, 2.05) is 6.20 Å². The van der Waals surface area contributed by atoms with Crippen molar-refractivity contribution in [3.63, 3.8) is 0 Å². The first-order valence-corrected chi connectivity index (χ1v) is 5.89. The fourth-order valence-corrected chi connectivity index (χ4v) is 1.78. The molecule has 0 amide bonds. The van der Waals surface area contributed by atoms with Gasteiger partial charge in [0.1, 0.15) is 5.82 Å². The Morgan fingerprint density at radius 2 is 1.94 bits per heavy atom. The van der Waals surface area contributed by atoms with E-state index in [9.17, 15) is 0 Å². The molecule has 0 saturated carbocycles. The Bertz CT molecular complexity index is 440. The Labute approximate surface area is 97.0 Å². The van der Waals surface area contributed by atoms with Crippen LogP contribution in [0.4, 0.5) is 0 Å². The SMILES string of the molecule is CCCCn1ccnc1-c1ccc(C)cc1. The van der Waals surface area contributed by atoms with Gasteiger partial charge < -0.3 is 4.57 Å². The molecule has 0 unspecified atom stereocenters. The zero-order valence-corrected chi connectivity index (χ0v) is 9.98. The molecule has 84 valence electrons. The van der Waals surface area contributed by atoms with Crippen LogP contribution < -0.4 is 0 Å². The summed E-state index contributed by atoms with van der Waals surface area (Å²) in [5.41, 5.74) is 2.49. The van der Waals surface area contributed by atoms with Gasteiger partial charge in [0.05, 0.1) is 0 Å². The van der Waals surface area contributed by atoms with E-state index in [2.05, 4.69) is 53.9 Å². The van der Waals surface area contributed by atoms with Crippen molar-refractivity contribution in [2.75, 3.05) is 0 Å². The van der Waals surface area contributed by atoms with Crippen LogP contribution >= 0.6 is 0 Å². The molecule has 2 rings (SSSR count). The van der Waals surface area contributed by atoms with Crippen LogP contribution in [0.2, 0.25) is 0 Å². The van der Waals surface area contributed by atoms with Crippen LogP contribution in [-0.2, 0) is 6.54 Å². The normalized spacial score (nSPS) is 10.6. The fourth-order valence-electron chi connectivity index (χ4n) is 1.78. The molecule has 0 radical (unpaired) electrons. The molecule has 0 fully saturated rings. The Balaban J connectivity index is 2.26. The smallest absolute Gasteiger partial charge is 0.139 e. The highest BCUT2D eigenvalue weighted by molar-refractivity contribution is 5.55. The lowest BCUT2D eigenvalue weighted by Crippen LogP contribution is -1.99. The summed E-state index contributed by atoms with van der Waals surface area (Å²) in [7, 11) is 0. The number of benzene rings is 1. The van der Waals surface area contributed by atoms with E-state index < -0.39 is 0 Å². The third-order valence-corrected chi connectivity index (χ3v) is 2.78. The van der Waals surface area contributed by atoms with Crippen molar-refractivity contribution in [3.8, 4) is 11.4 Å². The van der Waals surface area contributed by atoms with E-state index in [-0.39, 0.29) is 0 Å². The number of imidazole rings is 1. The zero-order chi connectivity index (χ0) is 11.4. The molecule has 2 nitrogen and oxygen atoms in total. The Morgan fingerprint density at radius 1 is 1.19 bits per heavy atom. The van der Waals surface area contributed by atoms with Crippen molar-refractivity contribution in [2.24, 2.45) is 0 Å². The molecule has 1 aromatic heterocycles. The molecule has 16 heavy (non-hydrogen) atoms. The summed E-state index contributed by atoms with van der Waals surface area (Å²) >= 11 is 0. The Hall–Kier alpha value is -1.57. The second-order valence-corrected chi connectivity index (χ2v) is 4.16. The zero-order valence-electron chi connectivity index (χ0n) is 9.98. The fraction of sp³-hybridized carbons (Fsp3) is 0.357. The second-order valence-electron chi connectivity index (χ2n) is 4.16. The van der Waals surface area contributed by atoms with E-state index >= 15 is 0 Å². The van der Waals surface area contributed by atoms with E-state index in [1.54, 1.807) is 0 Å². The molecule has 1 heterocycles. The standard InChI is InChI=1S/C14H18N2/c1-3-4-10-16-11-9-15-14(16)13-7-5-12(2)6-8-13/h5-9,11H,3-4,10H2,1-2H3. The molecule has 0 N–H and O–H groups in total. The highest BCUT2D eigenvalue weighted by Gasteiger charge is 2.04. The maximum atomic E-state index is 4.43. The minimum Gasteiger partial charge on any atom is -0.331 e. The van der Waals surface area contributed by atoms with E-state index in [4.69, 9.17) is 0 Å². The average molecular weight is 214 g/mol. The van der Waals surface area contributed by atoms with Gasteiger partial charge in [-0.1, -0.05) is 43.2 Å². The highest BCUT2D eigenvalue weighted by atomic mass is 15.1. The van der Waals surface area contributed by atoms with Crippen molar-refractivity contribution in [1.29, 1.82) is 0 Å². The molecule has 0 saturated heterocycles. The van der Waals surface area contributed by atoms with Crippen LogP contribution in [0, 0.1) is 6.92 Å². The summed E-state index contributed by atoms with van der Waals surface area (Å²) in [4.78, 5) is 4.43. The van der Waals surface area contributed by atoms with Crippen molar-refractivity contribution in [2.45, 2.75) is 33.2 Å². The largest absolute Gasteiger partial charge is 0.331 e. The lowest BCUT2D eigenvalue weighted by atomic mass is 10.1. The molecule has 0 aliphatic heterocycles. The summed E-state index contributed by atoms with van der Waals surface area (Å²) in [5.74, 6) is 1.08. The molecule has 0 aliphatic rings. The summed E-state index contributed by atoms with van der Waals surface area (Å²) in [6, 6.07) is 8.54.